The Morgan fingerprint density at radius 1 is 1.47 bits per heavy atom. The Labute approximate surface area is 115 Å². The third-order valence-electron chi connectivity index (χ3n) is 3.00. The number of hydrogen-bond donors (Lipinski definition) is 1. The van der Waals surface area contributed by atoms with Crippen molar-refractivity contribution in [2.45, 2.75) is 19.8 Å². The molecule has 0 spiro atoms. The molecule has 0 fully saturated rings. The zero-order valence-electron chi connectivity index (χ0n) is 10.3. The molecule has 1 atom stereocenters. The highest BCUT2D eigenvalue weighted by Crippen LogP contribution is 2.31. The van der Waals surface area contributed by atoms with E-state index in [1.54, 1.807) is 31.2 Å². The summed E-state index contributed by atoms with van der Waals surface area (Å²) >= 11 is 6.04. The number of carbonyl (C=O) groups excluding carboxylic acids is 1. The van der Waals surface area contributed by atoms with E-state index < -0.39 is 11.9 Å². The zero-order valence-corrected chi connectivity index (χ0v) is 11.1. The molecule has 1 N–H and O–H groups in total. The van der Waals surface area contributed by atoms with E-state index >= 15 is 0 Å². The van der Waals surface area contributed by atoms with Gasteiger partial charge in [0, 0.05) is 12.1 Å². The van der Waals surface area contributed by atoms with Gasteiger partial charge in [-0.3, -0.25) is 9.59 Å². The second kappa shape index (κ2) is 5.40. The van der Waals surface area contributed by atoms with Crippen molar-refractivity contribution < 1.29 is 14.7 Å². The number of carboxylic acids is 1. The lowest BCUT2D eigenvalue weighted by Gasteiger charge is -2.15. The van der Waals surface area contributed by atoms with Crippen LogP contribution in [0.25, 0.3) is 0 Å². The van der Waals surface area contributed by atoms with Crippen molar-refractivity contribution in [1.29, 1.82) is 0 Å². The first kappa shape index (κ1) is 13.5. The van der Waals surface area contributed by atoms with Crippen molar-refractivity contribution in [1.82, 2.24) is 0 Å². The number of nitrogens with zero attached hydrogens (tertiary/aromatic N) is 2. The number of carbonyl (C=O) groups is 2. The summed E-state index contributed by atoms with van der Waals surface area (Å²) in [5.74, 6) is -1.63. The van der Waals surface area contributed by atoms with E-state index in [9.17, 15) is 9.59 Å². The number of hydrazone groups is 1. The highest BCUT2D eigenvalue weighted by molar-refractivity contribution is 6.34. The van der Waals surface area contributed by atoms with Gasteiger partial charge in [-0.25, -0.2) is 0 Å². The first-order chi connectivity index (χ1) is 9.00. The van der Waals surface area contributed by atoms with E-state index in [1.807, 2.05) is 0 Å². The standard InChI is InChI=1S/C13H13ClN2O3/c1-8-9(6-7-12(17)18)13(19)16(15-8)11-5-3-2-4-10(11)14/h2-5,9H,6-7H2,1H3,(H,17,18). The number of rotatable bonds is 4. The number of anilines is 1. The number of para-hydroxylation sites is 1. The van der Waals surface area contributed by atoms with Gasteiger partial charge in [0.05, 0.1) is 16.6 Å². The molecule has 5 nitrogen and oxygen atoms in total. The first-order valence-electron chi connectivity index (χ1n) is 5.86. The fourth-order valence-corrected chi connectivity index (χ4v) is 2.22. The topological polar surface area (TPSA) is 70.0 Å². The molecule has 0 saturated heterocycles. The Balaban J connectivity index is 2.21. The minimum atomic E-state index is -0.920. The molecule has 1 heterocycles. The van der Waals surface area contributed by atoms with Crippen LogP contribution >= 0.6 is 11.6 Å². The van der Waals surface area contributed by atoms with Gasteiger partial charge >= 0.3 is 5.97 Å². The molecule has 19 heavy (non-hydrogen) atoms. The minimum absolute atomic E-state index is 0.0559. The van der Waals surface area contributed by atoms with Gasteiger partial charge in [-0.15, -0.1) is 0 Å². The normalized spacial score (nSPS) is 18.6. The number of hydrogen-bond acceptors (Lipinski definition) is 3. The van der Waals surface area contributed by atoms with Crippen LogP contribution in [0.3, 0.4) is 0 Å². The molecular formula is C13H13ClN2O3. The number of carboxylic acid groups (broad SMARTS) is 1. The van der Waals surface area contributed by atoms with Gasteiger partial charge in [0.25, 0.3) is 5.91 Å². The van der Waals surface area contributed by atoms with Gasteiger partial charge in [0.1, 0.15) is 0 Å². The van der Waals surface area contributed by atoms with Crippen molar-refractivity contribution in [2.75, 3.05) is 5.01 Å². The molecule has 1 aromatic rings. The molecule has 1 aliphatic rings. The molecule has 6 heteroatoms. The van der Waals surface area contributed by atoms with Gasteiger partial charge in [-0.05, 0) is 25.5 Å². The Morgan fingerprint density at radius 3 is 2.79 bits per heavy atom. The summed E-state index contributed by atoms with van der Waals surface area (Å²) in [5, 5.41) is 14.6. The molecular weight excluding hydrogens is 268 g/mol. The van der Waals surface area contributed by atoms with Crippen LogP contribution in [0.2, 0.25) is 5.02 Å². The lowest BCUT2D eigenvalue weighted by Crippen LogP contribution is -2.27. The van der Waals surface area contributed by atoms with E-state index in [1.165, 1.54) is 5.01 Å². The van der Waals surface area contributed by atoms with Crippen LogP contribution in [0.5, 0.6) is 0 Å². The van der Waals surface area contributed by atoms with Crippen LogP contribution in [0.4, 0.5) is 5.69 Å². The molecule has 0 saturated carbocycles. The van der Waals surface area contributed by atoms with E-state index in [0.717, 1.165) is 0 Å². The number of aliphatic carboxylic acids is 1. The third kappa shape index (κ3) is 2.76. The Morgan fingerprint density at radius 2 is 2.16 bits per heavy atom. The summed E-state index contributed by atoms with van der Waals surface area (Å²) in [6.07, 6.45) is 0.198. The summed E-state index contributed by atoms with van der Waals surface area (Å²) in [6, 6.07) is 6.92. The predicted octanol–water partition coefficient (Wildman–Crippen LogP) is 2.54. The molecule has 0 aromatic heterocycles. The highest BCUT2D eigenvalue weighted by atomic mass is 35.5. The highest BCUT2D eigenvalue weighted by Gasteiger charge is 2.35. The largest absolute Gasteiger partial charge is 0.481 e. The van der Waals surface area contributed by atoms with Crippen LogP contribution in [0.15, 0.2) is 29.4 Å². The maximum absolute atomic E-state index is 12.2. The summed E-state index contributed by atoms with van der Waals surface area (Å²) in [5.41, 5.74) is 1.14. The smallest absolute Gasteiger partial charge is 0.303 e. The van der Waals surface area contributed by atoms with Gasteiger partial charge < -0.3 is 5.11 Å². The average Bonchev–Trinajstić information content (AvgIpc) is 2.63. The minimum Gasteiger partial charge on any atom is -0.481 e. The molecule has 1 aromatic carbocycles. The SMILES string of the molecule is CC1=NN(c2ccccc2Cl)C(=O)C1CCC(=O)O. The van der Waals surface area contributed by atoms with Gasteiger partial charge in [-0.2, -0.15) is 10.1 Å². The summed E-state index contributed by atoms with van der Waals surface area (Å²) in [4.78, 5) is 22.8. The molecule has 1 aliphatic heterocycles. The molecule has 0 bridgehead atoms. The maximum atomic E-state index is 12.2. The lowest BCUT2D eigenvalue weighted by atomic mass is 9.98. The van der Waals surface area contributed by atoms with Crippen molar-refractivity contribution >= 4 is 34.9 Å². The van der Waals surface area contributed by atoms with Gasteiger partial charge in [0.15, 0.2) is 0 Å². The van der Waals surface area contributed by atoms with Crippen LogP contribution in [0.1, 0.15) is 19.8 Å². The Bertz CT molecular complexity index is 557. The van der Waals surface area contributed by atoms with E-state index in [0.29, 0.717) is 16.4 Å². The number of benzene rings is 1. The van der Waals surface area contributed by atoms with Crippen molar-refractivity contribution in [3.8, 4) is 0 Å². The van der Waals surface area contributed by atoms with Crippen LogP contribution in [-0.4, -0.2) is 22.7 Å². The van der Waals surface area contributed by atoms with Gasteiger partial charge in [0.2, 0.25) is 0 Å². The molecule has 100 valence electrons. The summed E-state index contributed by atoms with van der Waals surface area (Å²) < 4.78 is 0. The Hall–Kier alpha value is -1.88. The molecule has 0 radical (unpaired) electrons. The van der Waals surface area contributed by atoms with Crippen LogP contribution < -0.4 is 5.01 Å². The second-order valence-corrected chi connectivity index (χ2v) is 4.74. The zero-order chi connectivity index (χ0) is 14.0. The molecule has 0 aliphatic carbocycles. The predicted molar refractivity (Wildman–Crippen MR) is 72.4 cm³/mol. The van der Waals surface area contributed by atoms with E-state index in [4.69, 9.17) is 16.7 Å². The van der Waals surface area contributed by atoms with Crippen LogP contribution in [-0.2, 0) is 9.59 Å². The average molecular weight is 281 g/mol. The van der Waals surface area contributed by atoms with E-state index in [-0.39, 0.29) is 18.7 Å². The fourth-order valence-electron chi connectivity index (χ4n) is 2.00. The van der Waals surface area contributed by atoms with Crippen molar-refractivity contribution in [2.24, 2.45) is 11.0 Å². The van der Waals surface area contributed by atoms with E-state index in [2.05, 4.69) is 5.10 Å². The summed E-state index contributed by atoms with van der Waals surface area (Å²) in [7, 11) is 0. The van der Waals surface area contributed by atoms with Crippen molar-refractivity contribution in [3.05, 3.63) is 29.3 Å². The lowest BCUT2D eigenvalue weighted by molar-refractivity contribution is -0.137. The summed E-state index contributed by atoms with van der Waals surface area (Å²) in [6.45, 7) is 1.72. The number of amides is 1. The second-order valence-electron chi connectivity index (χ2n) is 4.33. The molecule has 1 unspecified atom stereocenters. The fraction of sp³-hybridized carbons (Fsp3) is 0.308. The third-order valence-corrected chi connectivity index (χ3v) is 3.32. The molecule has 2 rings (SSSR count). The van der Waals surface area contributed by atoms with Crippen molar-refractivity contribution in [3.63, 3.8) is 0 Å². The first-order valence-corrected chi connectivity index (χ1v) is 6.24. The molecule has 1 amide bonds. The maximum Gasteiger partial charge on any atom is 0.303 e. The van der Waals surface area contributed by atoms with Crippen LogP contribution in [0, 0.1) is 5.92 Å². The monoisotopic (exact) mass is 280 g/mol. The Kier molecular flexibility index (Phi) is 3.85. The van der Waals surface area contributed by atoms with Gasteiger partial charge in [-0.1, -0.05) is 23.7 Å². The number of halogens is 1. The quantitative estimate of drug-likeness (QED) is 0.921.